The number of hydrogen-bond donors (Lipinski definition) is 1. The molecule has 1 fully saturated rings. The number of carbonyl (C=O) groups excluding carboxylic acids is 1. The Morgan fingerprint density at radius 3 is 2.59 bits per heavy atom. The number of para-hydroxylation sites is 1. The van der Waals surface area contributed by atoms with Crippen molar-refractivity contribution in [1.29, 1.82) is 0 Å². The molecule has 1 N–H and O–H groups in total. The van der Waals surface area contributed by atoms with Crippen LogP contribution in [0.25, 0.3) is 16.3 Å². The van der Waals surface area contributed by atoms with Gasteiger partial charge in [-0.3, -0.25) is 4.79 Å². The van der Waals surface area contributed by atoms with E-state index in [1.807, 2.05) is 64.5 Å². The fourth-order valence-electron chi connectivity index (χ4n) is 3.39. The first kappa shape index (κ1) is 19.6. The van der Waals surface area contributed by atoms with Crippen molar-refractivity contribution in [2.75, 3.05) is 20.1 Å². The molecule has 27 heavy (non-hydrogen) atoms. The molecule has 1 aromatic carbocycles. The van der Waals surface area contributed by atoms with Gasteiger partial charge in [0.15, 0.2) is 5.69 Å². The largest absolute Gasteiger partial charge is 0.337 e. The van der Waals surface area contributed by atoms with E-state index in [1.54, 1.807) is 11.3 Å². The van der Waals surface area contributed by atoms with Crippen LogP contribution < -0.4 is 5.32 Å². The maximum atomic E-state index is 13.0. The van der Waals surface area contributed by atoms with Gasteiger partial charge in [0.2, 0.25) is 0 Å². The molecule has 1 aliphatic rings. The predicted molar refractivity (Wildman–Crippen MR) is 112 cm³/mol. The fourth-order valence-corrected chi connectivity index (χ4v) is 4.12. The summed E-state index contributed by atoms with van der Waals surface area (Å²) in [6.45, 7) is 1.92. The van der Waals surface area contributed by atoms with Crippen LogP contribution in [0.5, 0.6) is 0 Å². The van der Waals surface area contributed by atoms with Crippen molar-refractivity contribution in [3.8, 4) is 16.3 Å². The average Bonchev–Trinajstić information content (AvgIpc) is 3.38. The Kier molecular flexibility index (Phi) is 6.31. The Balaban J connectivity index is 0.00000210. The van der Waals surface area contributed by atoms with Crippen molar-refractivity contribution >= 4 is 29.7 Å². The normalized spacial score (nSPS) is 14.6. The summed E-state index contributed by atoms with van der Waals surface area (Å²) in [5, 5.41) is 10.1. The van der Waals surface area contributed by atoms with Gasteiger partial charge in [0.05, 0.1) is 16.3 Å². The third kappa shape index (κ3) is 4.08. The highest BCUT2D eigenvalue weighted by Crippen LogP contribution is 2.28. The number of halogens is 1. The zero-order chi connectivity index (χ0) is 17.9. The second kappa shape index (κ2) is 8.69. The zero-order valence-corrected chi connectivity index (χ0v) is 16.8. The van der Waals surface area contributed by atoms with Gasteiger partial charge in [0.1, 0.15) is 0 Å². The van der Waals surface area contributed by atoms with E-state index in [1.165, 1.54) is 0 Å². The quantitative estimate of drug-likeness (QED) is 0.721. The number of rotatable bonds is 4. The van der Waals surface area contributed by atoms with Crippen molar-refractivity contribution in [2.24, 2.45) is 0 Å². The van der Waals surface area contributed by atoms with Crippen molar-refractivity contribution in [3.05, 3.63) is 59.6 Å². The first-order valence-electron chi connectivity index (χ1n) is 8.91. The van der Waals surface area contributed by atoms with Crippen LogP contribution in [0.1, 0.15) is 23.3 Å². The van der Waals surface area contributed by atoms with Gasteiger partial charge in [0, 0.05) is 13.1 Å². The molecule has 1 amide bonds. The highest BCUT2D eigenvalue weighted by molar-refractivity contribution is 7.13. The number of piperidine rings is 1. The SMILES string of the molecule is CN(C(=O)c1cc(-c2cccs2)n(-c2ccccc2)n1)C1CCNCC1.Cl. The Bertz CT molecular complexity index is 873. The molecule has 0 atom stereocenters. The lowest BCUT2D eigenvalue weighted by Gasteiger charge is -2.31. The summed E-state index contributed by atoms with van der Waals surface area (Å²) in [6, 6.07) is 16.2. The molecular formula is C20H23ClN4OS. The molecule has 0 radical (unpaired) electrons. The van der Waals surface area contributed by atoms with Gasteiger partial charge in [-0.15, -0.1) is 23.7 Å². The maximum Gasteiger partial charge on any atom is 0.274 e. The maximum absolute atomic E-state index is 13.0. The Morgan fingerprint density at radius 1 is 1.19 bits per heavy atom. The second-order valence-electron chi connectivity index (χ2n) is 6.54. The fraction of sp³-hybridized carbons (Fsp3) is 0.300. The summed E-state index contributed by atoms with van der Waals surface area (Å²) in [7, 11) is 1.89. The molecule has 3 aromatic rings. The van der Waals surface area contributed by atoms with Gasteiger partial charge in [0.25, 0.3) is 5.91 Å². The predicted octanol–water partition coefficient (Wildman–Crippen LogP) is 3.85. The van der Waals surface area contributed by atoms with Crippen LogP contribution in [0.3, 0.4) is 0 Å². The van der Waals surface area contributed by atoms with E-state index in [4.69, 9.17) is 0 Å². The lowest BCUT2D eigenvalue weighted by atomic mass is 10.1. The molecule has 0 saturated carbocycles. The molecule has 3 heterocycles. The van der Waals surface area contributed by atoms with E-state index in [-0.39, 0.29) is 24.4 Å². The number of thiophene rings is 1. The summed E-state index contributed by atoms with van der Waals surface area (Å²) in [5.74, 6) is -0.00983. The van der Waals surface area contributed by atoms with E-state index in [0.29, 0.717) is 5.69 Å². The summed E-state index contributed by atoms with van der Waals surface area (Å²) in [5.41, 5.74) is 2.41. The summed E-state index contributed by atoms with van der Waals surface area (Å²) < 4.78 is 1.87. The monoisotopic (exact) mass is 402 g/mol. The summed E-state index contributed by atoms with van der Waals surface area (Å²) in [4.78, 5) is 16.0. The Morgan fingerprint density at radius 2 is 1.93 bits per heavy atom. The molecule has 142 valence electrons. The van der Waals surface area contributed by atoms with Gasteiger partial charge in [-0.05, 0) is 55.6 Å². The van der Waals surface area contributed by atoms with E-state index < -0.39 is 0 Å². The smallest absolute Gasteiger partial charge is 0.274 e. The van der Waals surface area contributed by atoms with Crippen LogP contribution in [-0.4, -0.2) is 46.8 Å². The third-order valence-electron chi connectivity index (χ3n) is 4.88. The molecule has 0 aliphatic carbocycles. The molecular weight excluding hydrogens is 380 g/mol. The van der Waals surface area contributed by atoms with Crippen LogP contribution in [0.4, 0.5) is 0 Å². The topological polar surface area (TPSA) is 50.2 Å². The molecule has 1 aliphatic heterocycles. The van der Waals surface area contributed by atoms with Crippen LogP contribution >= 0.6 is 23.7 Å². The molecule has 4 rings (SSSR count). The molecule has 7 heteroatoms. The Labute approximate surface area is 169 Å². The van der Waals surface area contributed by atoms with Crippen LogP contribution in [0.2, 0.25) is 0 Å². The third-order valence-corrected chi connectivity index (χ3v) is 5.77. The Hall–Kier alpha value is -2.15. The van der Waals surface area contributed by atoms with Crippen molar-refractivity contribution < 1.29 is 4.79 Å². The van der Waals surface area contributed by atoms with Gasteiger partial charge in [-0.1, -0.05) is 24.3 Å². The highest BCUT2D eigenvalue weighted by atomic mass is 35.5. The van der Waals surface area contributed by atoms with Gasteiger partial charge >= 0.3 is 0 Å². The molecule has 0 spiro atoms. The average molecular weight is 403 g/mol. The van der Waals surface area contributed by atoms with Gasteiger partial charge < -0.3 is 10.2 Å². The van der Waals surface area contributed by atoms with E-state index in [2.05, 4.69) is 16.5 Å². The second-order valence-corrected chi connectivity index (χ2v) is 7.48. The van der Waals surface area contributed by atoms with E-state index in [0.717, 1.165) is 42.2 Å². The number of hydrogen-bond acceptors (Lipinski definition) is 4. The lowest BCUT2D eigenvalue weighted by Crippen LogP contribution is -2.44. The van der Waals surface area contributed by atoms with Gasteiger partial charge in [-0.25, -0.2) is 4.68 Å². The number of amides is 1. The number of carbonyl (C=O) groups is 1. The summed E-state index contributed by atoms with van der Waals surface area (Å²) in [6.07, 6.45) is 1.97. The minimum Gasteiger partial charge on any atom is -0.337 e. The standard InChI is InChI=1S/C20H22N4OS.ClH/c1-23(15-9-11-21-12-10-15)20(25)17-14-18(19-8-5-13-26-19)24(22-17)16-6-3-2-4-7-16;/h2-8,13-15,21H,9-12H2,1H3;1H. The summed E-state index contributed by atoms with van der Waals surface area (Å²) >= 11 is 1.65. The van der Waals surface area contributed by atoms with Crippen molar-refractivity contribution in [3.63, 3.8) is 0 Å². The zero-order valence-electron chi connectivity index (χ0n) is 15.2. The van der Waals surface area contributed by atoms with E-state index in [9.17, 15) is 4.79 Å². The van der Waals surface area contributed by atoms with Crippen molar-refractivity contribution in [1.82, 2.24) is 20.0 Å². The number of nitrogens with zero attached hydrogens (tertiary/aromatic N) is 3. The molecule has 0 unspecified atom stereocenters. The van der Waals surface area contributed by atoms with Crippen LogP contribution in [-0.2, 0) is 0 Å². The highest BCUT2D eigenvalue weighted by Gasteiger charge is 2.26. The number of benzene rings is 1. The van der Waals surface area contributed by atoms with Crippen LogP contribution in [0, 0.1) is 0 Å². The lowest BCUT2D eigenvalue weighted by molar-refractivity contribution is 0.0697. The van der Waals surface area contributed by atoms with Gasteiger partial charge in [-0.2, -0.15) is 5.10 Å². The minimum absolute atomic E-state index is 0. The van der Waals surface area contributed by atoms with Crippen molar-refractivity contribution in [2.45, 2.75) is 18.9 Å². The molecule has 2 aromatic heterocycles. The van der Waals surface area contributed by atoms with E-state index >= 15 is 0 Å². The molecule has 0 bridgehead atoms. The first-order valence-corrected chi connectivity index (χ1v) is 9.79. The first-order chi connectivity index (χ1) is 12.7. The minimum atomic E-state index is -0.00983. The number of nitrogens with one attached hydrogen (secondary N) is 1. The number of aromatic nitrogens is 2. The van der Waals surface area contributed by atoms with Crippen LogP contribution in [0.15, 0.2) is 53.9 Å². The molecule has 5 nitrogen and oxygen atoms in total. The molecule has 1 saturated heterocycles.